The molecule has 2 aromatic rings. The van der Waals surface area contributed by atoms with E-state index in [1.807, 2.05) is 30.3 Å². The van der Waals surface area contributed by atoms with Crippen LogP contribution >= 0.6 is 0 Å². The van der Waals surface area contributed by atoms with Crippen LogP contribution in [-0.4, -0.2) is 23.2 Å². The van der Waals surface area contributed by atoms with Crippen molar-refractivity contribution in [2.24, 2.45) is 0 Å². The van der Waals surface area contributed by atoms with Gasteiger partial charge in [0, 0.05) is 11.6 Å². The zero-order valence-electron chi connectivity index (χ0n) is 12.3. The first-order valence-electron chi connectivity index (χ1n) is 6.63. The number of hydrogen-bond donors (Lipinski definition) is 0. The number of hydrogen-bond acceptors (Lipinski definition) is 4. The van der Waals surface area contributed by atoms with E-state index in [9.17, 15) is 4.79 Å². The van der Waals surface area contributed by atoms with Crippen molar-refractivity contribution in [3.8, 4) is 6.07 Å². The fourth-order valence-corrected chi connectivity index (χ4v) is 1.85. The van der Waals surface area contributed by atoms with Gasteiger partial charge in [-0.2, -0.15) is 5.26 Å². The maximum atomic E-state index is 12.2. The Balaban J connectivity index is 2.36. The lowest BCUT2D eigenvalue weighted by Crippen LogP contribution is -2.37. The largest absolute Gasteiger partial charge is 0.443 e. The predicted molar refractivity (Wildman–Crippen MR) is 80.9 cm³/mol. The Morgan fingerprint density at radius 3 is 2.62 bits per heavy atom. The molecule has 21 heavy (non-hydrogen) atoms. The van der Waals surface area contributed by atoms with E-state index in [1.165, 1.54) is 4.90 Å². The zero-order chi connectivity index (χ0) is 15.5. The van der Waals surface area contributed by atoms with Gasteiger partial charge in [-0.25, -0.2) is 14.7 Å². The van der Waals surface area contributed by atoms with Crippen molar-refractivity contribution in [2.45, 2.75) is 26.4 Å². The second kappa shape index (κ2) is 5.80. The number of ether oxygens (including phenoxy) is 1. The van der Waals surface area contributed by atoms with Crippen LogP contribution in [0.5, 0.6) is 0 Å². The highest BCUT2D eigenvalue weighted by molar-refractivity contribution is 5.91. The minimum atomic E-state index is -0.623. The predicted octanol–water partition coefficient (Wildman–Crippen LogP) is 3.50. The highest BCUT2D eigenvalue weighted by Gasteiger charge is 2.24. The van der Waals surface area contributed by atoms with Crippen LogP contribution in [0.4, 0.5) is 10.6 Å². The molecule has 0 spiro atoms. The second-order valence-electron chi connectivity index (χ2n) is 5.61. The summed E-state index contributed by atoms with van der Waals surface area (Å²) in [4.78, 5) is 17.7. The molecule has 0 aliphatic carbocycles. The molecule has 1 aromatic carbocycles. The molecule has 0 unspecified atom stereocenters. The highest BCUT2D eigenvalue weighted by atomic mass is 16.6. The summed E-state index contributed by atoms with van der Waals surface area (Å²) in [6.07, 6.45) is 1.10. The average Bonchev–Trinajstić information content (AvgIpc) is 2.42. The van der Waals surface area contributed by atoms with Gasteiger partial charge in [0.15, 0.2) is 0 Å². The van der Waals surface area contributed by atoms with Gasteiger partial charge in [-0.05, 0) is 32.2 Å². The average molecular weight is 283 g/mol. The minimum absolute atomic E-state index is 0.111. The van der Waals surface area contributed by atoms with Gasteiger partial charge in [-0.1, -0.05) is 24.3 Å². The normalized spacial score (nSPS) is 11.0. The van der Waals surface area contributed by atoms with Crippen LogP contribution in [0.1, 0.15) is 20.8 Å². The molecule has 1 aromatic heterocycles. The summed E-state index contributed by atoms with van der Waals surface area (Å²) in [5.41, 5.74) is -0.623. The molecule has 108 valence electrons. The monoisotopic (exact) mass is 283 g/mol. The number of fused-ring (bicyclic) bond motifs is 1. The summed E-state index contributed by atoms with van der Waals surface area (Å²) in [5.74, 6) is 0.407. The lowest BCUT2D eigenvalue weighted by atomic mass is 10.2. The number of benzene rings is 1. The van der Waals surface area contributed by atoms with Crippen LogP contribution in [0.3, 0.4) is 0 Å². The van der Waals surface area contributed by atoms with E-state index in [-0.39, 0.29) is 6.54 Å². The lowest BCUT2D eigenvalue weighted by molar-refractivity contribution is 0.0584. The van der Waals surface area contributed by atoms with Gasteiger partial charge < -0.3 is 4.74 Å². The van der Waals surface area contributed by atoms with E-state index in [0.717, 1.165) is 10.8 Å². The van der Waals surface area contributed by atoms with E-state index in [4.69, 9.17) is 10.00 Å². The molecular formula is C16H17N3O2. The van der Waals surface area contributed by atoms with Crippen LogP contribution in [0, 0.1) is 11.3 Å². The van der Waals surface area contributed by atoms with E-state index in [2.05, 4.69) is 4.98 Å². The molecule has 0 aliphatic rings. The van der Waals surface area contributed by atoms with E-state index < -0.39 is 11.7 Å². The third-order valence-corrected chi connectivity index (χ3v) is 2.74. The van der Waals surface area contributed by atoms with E-state index >= 15 is 0 Å². The summed E-state index contributed by atoms with van der Waals surface area (Å²) < 4.78 is 5.31. The van der Waals surface area contributed by atoms with Crippen LogP contribution in [-0.2, 0) is 4.74 Å². The lowest BCUT2D eigenvalue weighted by Gasteiger charge is -2.25. The summed E-state index contributed by atoms with van der Waals surface area (Å²) in [7, 11) is 0. The number of nitriles is 1. The molecule has 1 amide bonds. The number of amides is 1. The molecule has 1 heterocycles. The highest BCUT2D eigenvalue weighted by Crippen LogP contribution is 2.21. The van der Waals surface area contributed by atoms with E-state index in [1.54, 1.807) is 33.0 Å². The molecule has 5 nitrogen and oxygen atoms in total. The molecule has 0 aliphatic heterocycles. The Kier molecular flexibility index (Phi) is 4.08. The molecule has 0 bridgehead atoms. The maximum absolute atomic E-state index is 12.2. The number of aromatic nitrogens is 1. The van der Waals surface area contributed by atoms with Gasteiger partial charge in [-0.3, -0.25) is 0 Å². The van der Waals surface area contributed by atoms with Crippen LogP contribution in [0.2, 0.25) is 0 Å². The Morgan fingerprint density at radius 1 is 1.33 bits per heavy atom. The standard InChI is InChI=1S/C16H17N3O2/c1-16(2,3)21-15(20)19(9-8-17)14-10-12-6-4-5-7-13(12)11-18-14/h4-7,10-11H,9H2,1-3H3. The number of anilines is 1. The third-order valence-electron chi connectivity index (χ3n) is 2.74. The minimum Gasteiger partial charge on any atom is -0.443 e. The Labute approximate surface area is 123 Å². The van der Waals surface area contributed by atoms with Gasteiger partial charge in [0.2, 0.25) is 0 Å². The molecule has 0 atom stereocenters. The quantitative estimate of drug-likeness (QED) is 0.791. The van der Waals surface area contributed by atoms with Gasteiger partial charge in [0.1, 0.15) is 18.0 Å². The van der Waals surface area contributed by atoms with Gasteiger partial charge in [0.25, 0.3) is 0 Å². The summed E-state index contributed by atoms with van der Waals surface area (Å²) in [6.45, 7) is 5.23. The van der Waals surface area contributed by atoms with Crippen LogP contribution in [0.15, 0.2) is 36.5 Å². The molecular weight excluding hydrogens is 266 g/mol. The van der Waals surface area contributed by atoms with Crippen molar-refractivity contribution in [1.29, 1.82) is 5.26 Å². The molecule has 2 rings (SSSR count). The SMILES string of the molecule is CC(C)(C)OC(=O)N(CC#N)c1cc2ccccc2cn1. The van der Waals surface area contributed by atoms with Crippen molar-refractivity contribution in [1.82, 2.24) is 4.98 Å². The van der Waals surface area contributed by atoms with Gasteiger partial charge >= 0.3 is 6.09 Å². The maximum Gasteiger partial charge on any atom is 0.416 e. The van der Waals surface area contributed by atoms with Crippen molar-refractivity contribution < 1.29 is 9.53 Å². The summed E-state index contributed by atoms with van der Waals surface area (Å²) in [5, 5.41) is 10.9. The topological polar surface area (TPSA) is 66.2 Å². The number of rotatable bonds is 2. The molecule has 0 N–H and O–H groups in total. The summed E-state index contributed by atoms with van der Waals surface area (Å²) in [6, 6.07) is 11.4. The zero-order valence-corrected chi connectivity index (χ0v) is 12.3. The molecule has 5 heteroatoms. The van der Waals surface area contributed by atoms with Crippen molar-refractivity contribution >= 4 is 22.7 Å². The first-order valence-corrected chi connectivity index (χ1v) is 6.63. The number of carbonyl (C=O) groups is 1. The van der Waals surface area contributed by atoms with Crippen molar-refractivity contribution in [2.75, 3.05) is 11.4 Å². The first-order chi connectivity index (χ1) is 9.90. The van der Waals surface area contributed by atoms with Crippen molar-refractivity contribution in [3.63, 3.8) is 0 Å². The molecule has 0 fully saturated rings. The number of carbonyl (C=O) groups excluding carboxylic acids is 1. The molecule has 0 saturated heterocycles. The van der Waals surface area contributed by atoms with Gasteiger partial charge in [0.05, 0.1) is 6.07 Å². The Hall–Kier alpha value is -2.61. The Morgan fingerprint density at radius 2 is 2.00 bits per heavy atom. The van der Waals surface area contributed by atoms with Gasteiger partial charge in [-0.15, -0.1) is 0 Å². The second-order valence-corrected chi connectivity index (χ2v) is 5.61. The fraction of sp³-hybridized carbons (Fsp3) is 0.312. The summed E-state index contributed by atoms with van der Waals surface area (Å²) >= 11 is 0. The smallest absolute Gasteiger partial charge is 0.416 e. The first kappa shape index (κ1) is 14.8. The van der Waals surface area contributed by atoms with Crippen LogP contribution in [0.25, 0.3) is 10.8 Å². The fourth-order valence-electron chi connectivity index (χ4n) is 1.85. The van der Waals surface area contributed by atoms with Crippen molar-refractivity contribution in [3.05, 3.63) is 36.5 Å². The molecule has 0 radical (unpaired) electrons. The third kappa shape index (κ3) is 3.69. The van der Waals surface area contributed by atoms with Crippen LogP contribution < -0.4 is 4.90 Å². The number of pyridine rings is 1. The molecule has 0 saturated carbocycles. The number of nitrogens with zero attached hydrogens (tertiary/aromatic N) is 3. The Bertz CT molecular complexity index is 698. The van der Waals surface area contributed by atoms with E-state index in [0.29, 0.717) is 5.82 Å².